The number of rotatable bonds is 2. The number of carbonyl (C=O) groups excluding carboxylic acids is 1. The zero-order valence-corrected chi connectivity index (χ0v) is 12.9. The van der Waals surface area contributed by atoms with Gasteiger partial charge in [-0.05, 0) is 38.1 Å². The van der Waals surface area contributed by atoms with Gasteiger partial charge in [0.1, 0.15) is 0 Å². The lowest BCUT2D eigenvalue weighted by atomic mass is 9.99. The predicted molar refractivity (Wildman–Crippen MR) is 85.3 cm³/mol. The molecule has 3 aromatic rings. The molecule has 0 bridgehead atoms. The molecule has 0 saturated carbocycles. The van der Waals surface area contributed by atoms with Gasteiger partial charge in [0.25, 0.3) is 0 Å². The Hall–Kier alpha value is -1.87. The molecule has 0 unspecified atom stereocenters. The predicted octanol–water partition coefficient (Wildman–Crippen LogP) is 4.78. The second-order valence-corrected chi connectivity index (χ2v) is 5.92. The number of carbonyl (C=O) groups is 1. The van der Waals surface area contributed by atoms with E-state index in [1.54, 1.807) is 6.20 Å². The van der Waals surface area contributed by atoms with Crippen molar-refractivity contribution < 1.29 is 4.79 Å². The maximum absolute atomic E-state index is 12.7. The van der Waals surface area contributed by atoms with Crippen LogP contribution in [0.1, 0.15) is 27.0 Å². The van der Waals surface area contributed by atoms with Gasteiger partial charge >= 0.3 is 0 Å². The SMILES string of the molecule is Cc1cc(C)cc(C(=O)c2c[nH]c3cccc(Br)c23)c1. The van der Waals surface area contributed by atoms with Crippen molar-refractivity contribution in [2.45, 2.75) is 13.8 Å². The van der Waals surface area contributed by atoms with E-state index in [2.05, 4.69) is 27.0 Å². The largest absolute Gasteiger partial charge is 0.360 e. The van der Waals surface area contributed by atoms with E-state index >= 15 is 0 Å². The summed E-state index contributed by atoms with van der Waals surface area (Å²) in [7, 11) is 0. The molecule has 0 aliphatic heterocycles. The normalized spacial score (nSPS) is 10.9. The molecule has 1 N–H and O–H groups in total. The monoisotopic (exact) mass is 327 g/mol. The van der Waals surface area contributed by atoms with Crippen LogP contribution in [0.25, 0.3) is 10.9 Å². The third-order valence-electron chi connectivity index (χ3n) is 3.38. The molecule has 0 aliphatic carbocycles. The summed E-state index contributed by atoms with van der Waals surface area (Å²) in [5, 5.41) is 0.941. The van der Waals surface area contributed by atoms with Crippen molar-refractivity contribution in [1.82, 2.24) is 4.98 Å². The molecule has 0 radical (unpaired) electrons. The van der Waals surface area contributed by atoms with Crippen LogP contribution in [-0.4, -0.2) is 10.8 Å². The Labute approximate surface area is 126 Å². The van der Waals surface area contributed by atoms with Gasteiger partial charge in [-0.15, -0.1) is 0 Å². The first-order valence-electron chi connectivity index (χ1n) is 6.45. The highest BCUT2D eigenvalue weighted by Crippen LogP contribution is 2.28. The number of hydrogen-bond acceptors (Lipinski definition) is 1. The number of nitrogens with one attached hydrogen (secondary N) is 1. The molecular weight excluding hydrogens is 314 g/mol. The molecular formula is C17H14BrNO. The highest BCUT2D eigenvalue weighted by molar-refractivity contribution is 9.10. The maximum Gasteiger partial charge on any atom is 0.195 e. The average molecular weight is 328 g/mol. The van der Waals surface area contributed by atoms with Crippen molar-refractivity contribution >= 4 is 32.6 Å². The second kappa shape index (κ2) is 4.91. The van der Waals surface area contributed by atoms with E-state index in [1.165, 1.54) is 0 Å². The Balaban J connectivity index is 2.18. The smallest absolute Gasteiger partial charge is 0.195 e. The fourth-order valence-electron chi connectivity index (χ4n) is 2.58. The average Bonchev–Trinajstić information content (AvgIpc) is 2.82. The van der Waals surface area contributed by atoms with E-state index in [0.717, 1.165) is 32.1 Å². The minimum Gasteiger partial charge on any atom is -0.360 e. The maximum atomic E-state index is 12.7. The van der Waals surface area contributed by atoms with E-state index in [9.17, 15) is 4.79 Å². The Kier molecular flexibility index (Phi) is 3.22. The summed E-state index contributed by atoms with van der Waals surface area (Å²) < 4.78 is 0.934. The number of aromatic nitrogens is 1. The summed E-state index contributed by atoms with van der Waals surface area (Å²) in [5.41, 5.74) is 4.61. The first-order chi connectivity index (χ1) is 9.56. The summed E-state index contributed by atoms with van der Waals surface area (Å²) in [5.74, 6) is 0.0509. The minimum atomic E-state index is 0.0509. The lowest BCUT2D eigenvalue weighted by Gasteiger charge is -2.04. The second-order valence-electron chi connectivity index (χ2n) is 5.07. The van der Waals surface area contributed by atoms with E-state index in [4.69, 9.17) is 0 Å². The molecule has 1 heterocycles. The molecule has 2 aromatic carbocycles. The lowest BCUT2D eigenvalue weighted by Crippen LogP contribution is -2.01. The number of H-pyrrole nitrogens is 1. The van der Waals surface area contributed by atoms with Gasteiger partial charge in [-0.3, -0.25) is 4.79 Å². The van der Waals surface area contributed by atoms with E-state index in [1.807, 2.05) is 44.2 Å². The van der Waals surface area contributed by atoms with Gasteiger partial charge in [0.15, 0.2) is 5.78 Å². The number of aromatic amines is 1. The Morgan fingerprint density at radius 2 is 1.80 bits per heavy atom. The zero-order chi connectivity index (χ0) is 14.3. The molecule has 20 heavy (non-hydrogen) atoms. The van der Waals surface area contributed by atoms with Crippen LogP contribution in [0.3, 0.4) is 0 Å². The highest BCUT2D eigenvalue weighted by Gasteiger charge is 2.16. The number of aryl methyl sites for hydroxylation is 2. The number of benzene rings is 2. The fourth-order valence-corrected chi connectivity index (χ4v) is 3.16. The van der Waals surface area contributed by atoms with Crippen molar-refractivity contribution in [3.05, 3.63) is 69.3 Å². The standard InChI is InChI=1S/C17H14BrNO/c1-10-6-11(2)8-12(7-10)17(20)13-9-19-15-5-3-4-14(18)16(13)15/h3-9,19H,1-2H3. The molecule has 0 aliphatic rings. The fraction of sp³-hybridized carbons (Fsp3) is 0.118. The van der Waals surface area contributed by atoms with E-state index in [0.29, 0.717) is 5.56 Å². The quantitative estimate of drug-likeness (QED) is 0.675. The highest BCUT2D eigenvalue weighted by atomic mass is 79.9. The molecule has 0 spiro atoms. The summed E-state index contributed by atoms with van der Waals surface area (Å²) in [6.07, 6.45) is 1.79. The zero-order valence-electron chi connectivity index (χ0n) is 11.3. The summed E-state index contributed by atoms with van der Waals surface area (Å²) >= 11 is 3.52. The topological polar surface area (TPSA) is 32.9 Å². The summed E-state index contributed by atoms with van der Waals surface area (Å²) in [6.45, 7) is 4.02. The van der Waals surface area contributed by atoms with Crippen molar-refractivity contribution in [2.75, 3.05) is 0 Å². The summed E-state index contributed by atoms with van der Waals surface area (Å²) in [6, 6.07) is 11.8. The molecule has 1 aromatic heterocycles. The molecule has 100 valence electrons. The van der Waals surface area contributed by atoms with Crippen molar-refractivity contribution in [1.29, 1.82) is 0 Å². The van der Waals surface area contributed by atoms with Crippen molar-refractivity contribution in [3.8, 4) is 0 Å². The van der Waals surface area contributed by atoms with Gasteiger partial charge in [-0.2, -0.15) is 0 Å². The number of halogens is 1. The van der Waals surface area contributed by atoms with Crippen LogP contribution < -0.4 is 0 Å². The Bertz CT molecular complexity index is 797. The van der Waals surface area contributed by atoms with Gasteiger partial charge in [0.2, 0.25) is 0 Å². The van der Waals surface area contributed by atoms with Crippen LogP contribution in [0.4, 0.5) is 0 Å². The summed E-state index contributed by atoms with van der Waals surface area (Å²) in [4.78, 5) is 15.9. The van der Waals surface area contributed by atoms with Gasteiger partial charge in [0, 0.05) is 32.7 Å². The number of ketones is 1. The van der Waals surface area contributed by atoms with Crippen LogP contribution in [0.15, 0.2) is 47.1 Å². The van der Waals surface area contributed by atoms with Crippen molar-refractivity contribution in [3.63, 3.8) is 0 Å². The minimum absolute atomic E-state index is 0.0509. The molecule has 3 heteroatoms. The first-order valence-corrected chi connectivity index (χ1v) is 7.24. The Morgan fingerprint density at radius 1 is 1.10 bits per heavy atom. The first kappa shape index (κ1) is 13.1. The lowest BCUT2D eigenvalue weighted by molar-refractivity contribution is 0.104. The van der Waals surface area contributed by atoms with Crippen molar-refractivity contribution in [2.24, 2.45) is 0 Å². The van der Waals surface area contributed by atoms with Crippen LogP contribution in [0, 0.1) is 13.8 Å². The van der Waals surface area contributed by atoms with Crippen LogP contribution in [0.5, 0.6) is 0 Å². The Morgan fingerprint density at radius 3 is 2.50 bits per heavy atom. The van der Waals surface area contributed by atoms with Gasteiger partial charge in [-0.25, -0.2) is 0 Å². The third-order valence-corrected chi connectivity index (χ3v) is 4.04. The van der Waals surface area contributed by atoms with Gasteiger partial charge in [0.05, 0.1) is 0 Å². The molecule has 0 amide bonds. The molecule has 0 fully saturated rings. The molecule has 0 atom stereocenters. The van der Waals surface area contributed by atoms with Gasteiger partial charge in [-0.1, -0.05) is 39.2 Å². The van der Waals surface area contributed by atoms with E-state index < -0.39 is 0 Å². The molecule has 0 saturated heterocycles. The van der Waals surface area contributed by atoms with Crippen LogP contribution >= 0.6 is 15.9 Å². The van der Waals surface area contributed by atoms with Crippen LogP contribution in [-0.2, 0) is 0 Å². The third kappa shape index (κ3) is 2.18. The number of hydrogen-bond donors (Lipinski definition) is 1. The van der Waals surface area contributed by atoms with E-state index in [-0.39, 0.29) is 5.78 Å². The molecule has 2 nitrogen and oxygen atoms in total. The van der Waals surface area contributed by atoms with Gasteiger partial charge < -0.3 is 4.98 Å². The number of fused-ring (bicyclic) bond motifs is 1. The van der Waals surface area contributed by atoms with Crippen LogP contribution in [0.2, 0.25) is 0 Å². The molecule has 3 rings (SSSR count).